The molecule has 0 aliphatic carbocycles. The lowest BCUT2D eigenvalue weighted by Gasteiger charge is -2.11. The van der Waals surface area contributed by atoms with Crippen molar-refractivity contribution in [3.8, 4) is 0 Å². The van der Waals surface area contributed by atoms with Crippen LogP contribution in [0.1, 0.15) is 21.6 Å². The van der Waals surface area contributed by atoms with Crippen LogP contribution in [0.15, 0.2) is 53.7 Å². The Morgan fingerprint density at radius 2 is 1.92 bits per heavy atom. The normalized spacial score (nSPS) is 10.6. The SMILES string of the molecule is CN=C(NCCc1ccc(C(=O)OC)cc1)NCc1ccccn1.I. The Balaban J connectivity index is 0.00000312. The summed E-state index contributed by atoms with van der Waals surface area (Å²) in [6.45, 7) is 1.35. The molecular formula is C18H23IN4O2. The number of carbonyl (C=O) groups is 1. The van der Waals surface area contributed by atoms with Crippen LogP contribution < -0.4 is 10.6 Å². The van der Waals surface area contributed by atoms with Gasteiger partial charge < -0.3 is 15.4 Å². The Hall–Kier alpha value is -2.16. The quantitative estimate of drug-likeness (QED) is 0.304. The Morgan fingerprint density at radius 3 is 2.52 bits per heavy atom. The van der Waals surface area contributed by atoms with E-state index in [0.717, 1.165) is 30.2 Å². The van der Waals surface area contributed by atoms with Gasteiger partial charge in [0.2, 0.25) is 0 Å². The van der Waals surface area contributed by atoms with Crippen molar-refractivity contribution in [1.82, 2.24) is 15.6 Å². The number of methoxy groups -OCH3 is 1. The summed E-state index contributed by atoms with van der Waals surface area (Å²) < 4.78 is 4.69. The largest absolute Gasteiger partial charge is 0.465 e. The van der Waals surface area contributed by atoms with Crippen molar-refractivity contribution < 1.29 is 9.53 Å². The van der Waals surface area contributed by atoms with Crippen molar-refractivity contribution in [2.75, 3.05) is 20.7 Å². The Labute approximate surface area is 165 Å². The maximum Gasteiger partial charge on any atom is 0.337 e. The molecule has 0 radical (unpaired) electrons. The van der Waals surface area contributed by atoms with Gasteiger partial charge in [-0.25, -0.2) is 4.79 Å². The molecule has 7 heteroatoms. The third-order valence-electron chi connectivity index (χ3n) is 3.47. The minimum atomic E-state index is -0.321. The van der Waals surface area contributed by atoms with Gasteiger partial charge in [0, 0.05) is 19.8 Å². The molecule has 0 saturated heterocycles. The van der Waals surface area contributed by atoms with E-state index in [0.29, 0.717) is 12.1 Å². The van der Waals surface area contributed by atoms with Crippen LogP contribution in [0, 0.1) is 0 Å². The molecule has 6 nitrogen and oxygen atoms in total. The number of rotatable bonds is 6. The predicted octanol–water partition coefficient (Wildman–Crippen LogP) is 2.39. The number of esters is 1. The van der Waals surface area contributed by atoms with Crippen LogP contribution in [0.4, 0.5) is 0 Å². The summed E-state index contributed by atoms with van der Waals surface area (Å²) in [6.07, 6.45) is 2.59. The lowest BCUT2D eigenvalue weighted by atomic mass is 10.1. The van der Waals surface area contributed by atoms with E-state index in [1.54, 1.807) is 25.4 Å². The zero-order valence-electron chi connectivity index (χ0n) is 14.4. The Kier molecular flexibility index (Phi) is 9.53. The second-order valence-corrected chi connectivity index (χ2v) is 5.11. The number of halogens is 1. The summed E-state index contributed by atoms with van der Waals surface area (Å²) in [7, 11) is 3.11. The Bertz CT molecular complexity index is 675. The van der Waals surface area contributed by atoms with Gasteiger partial charge in [0.05, 0.1) is 24.9 Å². The average molecular weight is 454 g/mol. The van der Waals surface area contributed by atoms with Crippen LogP contribution >= 0.6 is 24.0 Å². The number of nitrogens with zero attached hydrogens (tertiary/aromatic N) is 2. The molecule has 1 heterocycles. The third kappa shape index (κ3) is 7.08. The zero-order chi connectivity index (χ0) is 17.2. The van der Waals surface area contributed by atoms with Gasteiger partial charge in [0.15, 0.2) is 5.96 Å². The van der Waals surface area contributed by atoms with Crippen LogP contribution in [0.2, 0.25) is 0 Å². The summed E-state index contributed by atoms with van der Waals surface area (Å²) in [6, 6.07) is 13.2. The predicted molar refractivity (Wildman–Crippen MR) is 109 cm³/mol. The molecule has 0 atom stereocenters. The van der Waals surface area contributed by atoms with Gasteiger partial charge in [-0.05, 0) is 36.2 Å². The van der Waals surface area contributed by atoms with E-state index in [9.17, 15) is 4.79 Å². The molecule has 0 amide bonds. The number of guanidine groups is 1. The third-order valence-corrected chi connectivity index (χ3v) is 3.47. The van der Waals surface area contributed by atoms with Crippen molar-refractivity contribution in [3.63, 3.8) is 0 Å². The van der Waals surface area contributed by atoms with E-state index in [1.807, 2.05) is 30.3 Å². The molecule has 0 saturated carbocycles. The first kappa shape index (κ1) is 20.9. The standard InChI is InChI=1S/C18H22N4O2.HI/c1-19-18(22-13-16-5-3-4-11-20-16)21-12-10-14-6-8-15(9-7-14)17(23)24-2;/h3-9,11H,10,12-13H2,1-2H3,(H2,19,21,22);1H. The molecule has 0 spiro atoms. The second-order valence-electron chi connectivity index (χ2n) is 5.11. The summed E-state index contributed by atoms with van der Waals surface area (Å²) in [5.74, 6) is 0.408. The topological polar surface area (TPSA) is 75.6 Å². The number of nitrogens with one attached hydrogen (secondary N) is 2. The summed E-state index contributed by atoms with van der Waals surface area (Å²) >= 11 is 0. The molecule has 0 aliphatic rings. The highest BCUT2D eigenvalue weighted by Crippen LogP contribution is 2.06. The van der Waals surface area contributed by atoms with Crippen LogP contribution in [-0.2, 0) is 17.7 Å². The lowest BCUT2D eigenvalue weighted by Crippen LogP contribution is -2.38. The maximum absolute atomic E-state index is 11.4. The van der Waals surface area contributed by atoms with Crippen LogP contribution in [-0.4, -0.2) is 37.6 Å². The van der Waals surface area contributed by atoms with Gasteiger partial charge in [-0.3, -0.25) is 9.98 Å². The molecule has 1 aromatic heterocycles. The number of carbonyl (C=O) groups excluding carboxylic acids is 1. The van der Waals surface area contributed by atoms with Crippen molar-refractivity contribution in [2.45, 2.75) is 13.0 Å². The number of aliphatic imine (C=N–C) groups is 1. The highest BCUT2D eigenvalue weighted by Gasteiger charge is 2.04. The van der Waals surface area contributed by atoms with E-state index >= 15 is 0 Å². The van der Waals surface area contributed by atoms with Gasteiger partial charge in [-0.1, -0.05) is 18.2 Å². The molecule has 2 rings (SSSR count). The monoisotopic (exact) mass is 454 g/mol. The van der Waals surface area contributed by atoms with E-state index in [-0.39, 0.29) is 29.9 Å². The van der Waals surface area contributed by atoms with Gasteiger partial charge in [-0.2, -0.15) is 0 Å². The van der Waals surface area contributed by atoms with E-state index < -0.39 is 0 Å². The minimum Gasteiger partial charge on any atom is -0.465 e. The number of hydrogen-bond donors (Lipinski definition) is 2. The number of ether oxygens (including phenoxy) is 1. The number of hydrogen-bond acceptors (Lipinski definition) is 4. The van der Waals surface area contributed by atoms with Gasteiger partial charge in [0.1, 0.15) is 0 Å². The molecule has 134 valence electrons. The summed E-state index contributed by atoms with van der Waals surface area (Å²) in [4.78, 5) is 19.8. The van der Waals surface area contributed by atoms with Crippen molar-refractivity contribution in [1.29, 1.82) is 0 Å². The molecule has 2 N–H and O–H groups in total. The van der Waals surface area contributed by atoms with Crippen LogP contribution in [0.5, 0.6) is 0 Å². The maximum atomic E-state index is 11.4. The second kappa shape index (κ2) is 11.4. The minimum absolute atomic E-state index is 0. The molecule has 0 bridgehead atoms. The summed E-state index contributed by atoms with van der Waals surface area (Å²) in [5, 5.41) is 6.48. The van der Waals surface area contributed by atoms with Crippen LogP contribution in [0.3, 0.4) is 0 Å². The highest BCUT2D eigenvalue weighted by atomic mass is 127. The van der Waals surface area contributed by atoms with Gasteiger partial charge in [-0.15, -0.1) is 24.0 Å². The lowest BCUT2D eigenvalue weighted by molar-refractivity contribution is 0.0600. The number of pyridine rings is 1. The number of aromatic nitrogens is 1. The van der Waals surface area contributed by atoms with Crippen molar-refractivity contribution in [2.24, 2.45) is 4.99 Å². The van der Waals surface area contributed by atoms with Crippen molar-refractivity contribution >= 4 is 35.9 Å². The molecule has 2 aromatic rings. The first-order valence-electron chi connectivity index (χ1n) is 7.74. The van der Waals surface area contributed by atoms with Gasteiger partial charge >= 0.3 is 5.97 Å². The fourth-order valence-electron chi connectivity index (χ4n) is 2.15. The molecule has 0 aliphatic heterocycles. The number of benzene rings is 1. The zero-order valence-corrected chi connectivity index (χ0v) is 16.7. The average Bonchev–Trinajstić information content (AvgIpc) is 2.65. The first-order chi connectivity index (χ1) is 11.7. The van der Waals surface area contributed by atoms with E-state index in [4.69, 9.17) is 0 Å². The fourth-order valence-corrected chi connectivity index (χ4v) is 2.15. The fraction of sp³-hybridized carbons (Fsp3) is 0.278. The molecule has 0 unspecified atom stereocenters. The molecule has 0 fully saturated rings. The smallest absolute Gasteiger partial charge is 0.337 e. The molecular weight excluding hydrogens is 431 g/mol. The highest BCUT2D eigenvalue weighted by molar-refractivity contribution is 14.0. The van der Waals surface area contributed by atoms with E-state index in [2.05, 4.69) is 25.3 Å². The molecule has 25 heavy (non-hydrogen) atoms. The molecule has 1 aromatic carbocycles. The van der Waals surface area contributed by atoms with Crippen molar-refractivity contribution in [3.05, 3.63) is 65.5 Å². The van der Waals surface area contributed by atoms with E-state index in [1.165, 1.54) is 7.11 Å². The Morgan fingerprint density at radius 1 is 1.16 bits per heavy atom. The van der Waals surface area contributed by atoms with Crippen LogP contribution in [0.25, 0.3) is 0 Å². The summed E-state index contributed by atoms with van der Waals surface area (Å²) in [5.41, 5.74) is 2.65. The van der Waals surface area contributed by atoms with Gasteiger partial charge in [0.25, 0.3) is 0 Å². The first-order valence-corrected chi connectivity index (χ1v) is 7.74.